The van der Waals surface area contributed by atoms with Crippen molar-refractivity contribution >= 4 is 21.8 Å². The summed E-state index contributed by atoms with van der Waals surface area (Å²) in [6, 6.07) is 12.3. The molecule has 1 amide bonds. The van der Waals surface area contributed by atoms with Gasteiger partial charge in [-0.2, -0.15) is 4.31 Å². The number of fused-ring (bicyclic) bond motifs is 1. The van der Waals surface area contributed by atoms with Gasteiger partial charge >= 0.3 is 6.09 Å². The molecule has 0 aliphatic carbocycles. The van der Waals surface area contributed by atoms with Crippen LogP contribution in [0.1, 0.15) is 24.0 Å². The molecule has 0 spiro atoms. The second kappa shape index (κ2) is 7.68. The fraction of sp³-hybridized carbons (Fsp3) is 0.381. The topological polar surface area (TPSA) is 76.2 Å². The van der Waals surface area contributed by atoms with E-state index in [0.717, 1.165) is 16.8 Å². The summed E-state index contributed by atoms with van der Waals surface area (Å²) in [7, 11) is -2.10. The number of nitrogens with zero attached hydrogens (tertiary/aromatic N) is 2. The van der Waals surface area contributed by atoms with E-state index < -0.39 is 10.0 Å². The van der Waals surface area contributed by atoms with Crippen molar-refractivity contribution in [2.75, 3.05) is 25.1 Å². The average molecular weight is 416 g/mol. The third-order valence-electron chi connectivity index (χ3n) is 5.65. The summed E-state index contributed by atoms with van der Waals surface area (Å²) < 4.78 is 38.0. The van der Waals surface area contributed by atoms with Gasteiger partial charge in [0.15, 0.2) is 0 Å². The van der Waals surface area contributed by atoms with Crippen LogP contribution in [0.2, 0.25) is 0 Å². The van der Waals surface area contributed by atoms with Crippen LogP contribution in [-0.4, -0.2) is 45.1 Å². The van der Waals surface area contributed by atoms with Crippen LogP contribution < -0.4 is 9.64 Å². The number of hydrogen-bond donors (Lipinski definition) is 0. The number of piperidine rings is 1. The number of amides is 1. The molecule has 0 aromatic heterocycles. The lowest BCUT2D eigenvalue weighted by atomic mass is 10.00. The van der Waals surface area contributed by atoms with Gasteiger partial charge < -0.3 is 9.47 Å². The van der Waals surface area contributed by atoms with E-state index in [4.69, 9.17) is 9.47 Å². The van der Waals surface area contributed by atoms with Gasteiger partial charge in [0.25, 0.3) is 0 Å². The van der Waals surface area contributed by atoms with Crippen LogP contribution in [0.25, 0.3) is 0 Å². The number of ether oxygens (including phenoxy) is 2. The average Bonchev–Trinajstić information content (AvgIpc) is 2.74. The molecule has 1 saturated heterocycles. The minimum absolute atomic E-state index is 0.0971. The lowest BCUT2D eigenvalue weighted by Crippen LogP contribution is -2.50. The molecule has 2 heterocycles. The summed E-state index contributed by atoms with van der Waals surface area (Å²) in [6.07, 6.45) is 0.731. The third-order valence-corrected chi connectivity index (χ3v) is 7.54. The molecule has 0 atom stereocenters. The summed E-state index contributed by atoms with van der Waals surface area (Å²) in [5, 5.41) is 0. The Balaban J connectivity index is 1.53. The molecule has 29 heavy (non-hydrogen) atoms. The van der Waals surface area contributed by atoms with Crippen molar-refractivity contribution in [3.8, 4) is 5.75 Å². The number of cyclic esters (lactones) is 1. The van der Waals surface area contributed by atoms with Crippen LogP contribution in [0.15, 0.2) is 47.4 Å². The predicted molar refractivity (Wildman–Crippen MR) is 109 cm³/mol. The standard InChI is InChI=1S/C21H24N2O5S/c1-15-5-3-8-20-19(15)14-28-21(24)23(20)16-9-11-22(12-10-16)29(25,26)18-7-4-6-17(13-18)27-2/h3-8,13,16H,9-12,14H2,1-2H3. The van der Waals surface area contributed by atoms with Gasteiger partial charge in [-0.3, -0.25) is 4.90 Å². The highest BCUT2D eigenvalue weighted by atomic mass is 32.2. The maximum atomic E-state index is 13.0. The van der Waals surface area contributed by atoms with Crippen LogP contribution >= 0.6 is 0 Å². The van der Waals surface area contributed by atoms with Gasteiger partial charge in [-0.25, -0.2) is 13.2 Å². The summed E-state index contributed by atoms with van der Waals surface area (Å²) in [6.45, 7) is 2.96. The molecular weight excluding hydrogens is 392 g/mol. The maximum absolute atomic E-state index is 13.0. The highest BCUT2D eigenvalue weighted by Crippen LogP contribution is 2.34. The molecular formula is C21H24N2O5S. The van der Waals surface area contributed by atoms with E-state index >= 15 is 0 Å². The summed E-state index contributed by atoms with van der Waals surface area (Å²) in [5.74, 6) is 0.504. The molecule has 0 bridgehead atoms. The largest absolute Gasteiger partial charge is 0.497 e. The highest BCUT2D eigenvalue weighted by Gasteiger charge is 2.37. The fourth-order valence-electron chi connectivity index (χ4n) is 4.00. The zero-order valence-electron chi connectivity index (χ0n) is 16.5. The third kappa shape index (κ3) is 3.58. The van der Waals surface area contributed by atoms with Crippen molar-refractivity contribution in [3.63, 3.8) is 0 Å². The number of methoxy groups -OCH3 is 1. The number of carbonyl (C=O) groups is 1. The molecule has 0 saturated carbocycles. The van der Waals surface area contributed by atoms with E-state index in [-0.39, 0.29) is 23.6 Å². The lowest BCUT2D eigenvalue weighted by Gasteiger charge is -2.40. The molecule has 2 aromatic carbocycles. The Morgan fingerprint density at radius 1 is 1.10 bits per heavy atom. The van der Waals surface area contributed by atoms with Gasteiger partial charge in [0.2, 0.25) is 10.0 Å². The Hall–Kier alpha value is -2.58. The minimum atomic E-state index is -3.61. The molecule has 0 N–H and O–H groups in total. The number of hydrogen-bond acceptors (Lipinski definition) is 5. The fourth-order valence-corrected chi connectivity index (χ4v) is 5.50. The molecule has 2 aliphatic heterocycles. The number of aryl methyl sites for hydroxylation is 1. The first-order chi connectivity index (χ1) is 13.9. The maximum Gasteiger partial charge on any atom is 0.414 e. The van der Waals surface area contributed by atoms with E-state index in [1.165, 1.54) is 17.5 Å². The van der Waals surface area contributed by atoms with Crippen molar-refractivity contribution in [3.05, 3.63) is 53.6 Å². The SMILES string of the molecule is COc1cccc(S(=O)(=O)N2CCC(N3C(=O)OCc4c(C)cccc43)CC2)c1. The molecule has 2 aliphatic rings. The molecule has 1 fully saturated rings. The monoisotopic (exact) mass is 416 g/mol. The summed E-state index contributed by atoms with van der Waals surface area (Å²) in [4.78, 5) is 14.4. The molecule has 7 nitrogen and oxygen atoms in total. The van der Waals surface area contributed by atoms with Gasteiger partial charge in [-0.05, 0) is 43.5 Å². The van der Waals surface area contributed by atoms with E-state index in [1.54, 1.807) is 23.1 Å². The van der Waals surface area contributed by atoms with Crippen molar-refractivity contribution in [1.82, 2.24) is 4.31 Å². The van der Waals surface area contributed by atoms with Gasteiger partial charge in [0, 0.05) is 30.8 Å². The van der Waals surface area contributed by atoms with Crippen LogP contribution in [0.3, 0.4) is 0 Å². The Labute approximate surface area is 170 Å². The van der Waals surface area contributed by atoms with Crippen LogP contribution in [0.5, 0.6) is 5.75 Å². The van der Waals surface area contributed by atoms with Crippen LogP contribution in [0, 0.1) is 6.92 Å². The van der Waals surface area contributed by atoms with Crippen molar-refractivity contribution < 1.29 is 22.7 Å². The number of anilines is 1. The Morgan fingerprint density at radius 3 is 2.55 bits per heavy atom. The second-order valence-corrected chi connectivity index (χ2v) is 9.25. The normalized spacial score (nSPS) is 18.3. The zero-order chi connectivity index (χ0) is 20.6. The van der Waals surface area contributed by atoms with E-state index in [0.29, 0.717) is 31.7 Å². The van der Waals surface area contributed by atoms with Gasteiger partial charge in [0.1, 0.15) is 12.4 Å². The lowest BCUT2D eigenvalue weighted by molar-refractivity contribution is 0.135. The van der Waals surface area contributed by atoms with E-state index in [9.17, 15) is 13.2 Å². The predicted octanol–water partition coefficient (Wildman–Crippen LogP) is 3.31. The number of sulfonamides is 1. The second-order valence-electron chi connectivity index (χ2n) is 7.31. The number of rotatable bonds is 4. The summed E-state index contributed by atoms with van der Waals surface area (Å²) in [5.41, 5.74) is 2.96. The Bertz CT molecular complexity index is 1030. The molecule has 0 radical (unpaired) electrons. The molecule has 4 rings (SSSR count). The van der Waals surface area contributed by atoms with Gasteiger partial charge in [0.05, 0.1) is 17.7 Å². The van der Waals surface area contributed by atoms with Crippen LogP contribution in [-0.2, 0) is 21.4 Å². The number of benzene rings is 2. The highest BCUT2D eigenvalue weighted by molar-refractivity contribution is 7.89. The quantitative estimate of drug-likeness (QED) is 0.764. The minimum Gasteiger partial charge on any atom is -0.497 e. The van der Waals surface area contributed by atoms with Crippen molar-refractivity contribution in [2.45, 2.75) is 37.3 Å². The van der Waals surface area contributed by atoms with Crippen molar-refractivity contribution in [2.24, 2.45) is 0 Å². The Morgan fingerprint density at radius 2 is 1.83 bits per heavy atom. The Kier molecular flexibility index (Phi) is 5.23. The first-order valence-electron chi connectivity index (χ1n) is 9.60. The van der Waals surface area contributed by atoms with Crippen LogP contribution in [0.4, 0.5) is 10.5 Å². The van der Waals surface area contributed by atoms with E-state index in [2.05, 4.69) is 0 Å². The van der Waals surface area contributed by atoms with Gasteiger partial charge in [-0.15, -0.1) is 0 Å². The molecule has 8 heteroatoms. The molecule has 154 valence electrons. The first-order valence-corrected chi connectivity index (χ1v) is 11.0. The number of carbonyl (C=O) groups excluding carboxylic acids is 1. The smallest absolute Gasteiger partial charge is 0.414 e. The molecule has 2 aromatic rings. The van der Waals surface area contributed by atoms with Crippen molar-refractivity contribution in [1.29, 1.82) is 0 Å². The van der Waals surface area contributed by atoms with E-state index in [1.807, 2.05) is 25.1 Å². The summed E-state index contributed by atoms with van der Waals surface area (Å²) >= 11 is 0. The first kappa shape index (κ1) is 19.7. The zero-order valence-corrected chi connectivity index (χ0v) is 17.3. The molecule has 0 unspecified atom stereocenters. The van der Waals surface area contributed by atoms with Gasteiger partial charge in [-0.1, -0.05) is 18.2 Å².